The van der Waals surface area contributed by atoms with Gasteiger partial charge in [0.1, 0.15) is 6.04 Å². The average Bonchev–Trinajstić information content (AvgIpc) is 2.00. The van der Waals surface area contributed by atoms with Crippen LogP contribution in [0.2, 0.25) is 0 Å². The van der Waals surface area contributed by atoms with Gasteiger partial charge in [0, 0.05) is 0 Å². The lowest BCUT2D eigenvalue weighted by molar-refractivity contribution is -0.141. The van der Waals surface area contributed by atoms with E-state index in [-0.39, 0.29) is 6.42 Å². The molecule has 0 aliphatic carbocycles. The molecule has 0 radical (unpaired) electrons. The number of unbranched alkanes of at least 4 members (excludes halogenated alkanes) is 1. The van der Waals surface area contributed by atoms with Gasteiger partial charge in [0.25, 0.3) is 0 Å². The summed E-state index contributed by atoms with van der Waals surface area (Å²) < 4.78 is 24.4. The van der Waals surface area contributed by atoms with Gasteiger partial charge in [-0.25, -0.2) is 5.32 Å². The Morgan fingerprint density at radius 1 is 1.57 bits per heavy atom. The lowest BCUT2D eigenvalue weighted by Crippen LogP contribution is -2.44. The smallest absolute Gasteiger partial charge is 0.383 e. The van der Waals surface area contributed by atoms with E-state index in [4.69, 9.17) is 10.8 Å². The van der Waals surface area contributed by atoms with Crippen LogP contribution in [-0.2, 0) is 4.79 Å². The number of alkyl halides is 3. The third-order valence-electron chi connectivity index (χ3n) is 1.58. The SMILES string of the molecule is NCCCCC(NC(F)(F)Cl)C(=O)O. The van der Waals surface area contributed by atoms with E-state index in [9.17, 15) is 13.6 Å². The number of nitrogens with one attached hydrogen (secondary N) is 1. The number of carboxylic acid groups (broad SMARTS) is 1. The molecule has 0 aromatic heterocycles. The second kappa shape index (κ2) is 6.10. The Morgan fingerprint density at radius 2 is 2.14 bits per heavy atom. The summed E-state index contributed by atoms with van der Waals surface area (Å²) in [5.74, 6) is -1.35. The van der Waals surface area contributed by atoms with Crippen molar-refractivity contribution < 1.29 is 18.7 Å². The van der Waals surface area contributed by atoms with Crippen LogP contribution in [0.3, 0.4) is 0 Å². The number of hydrogen-bond acceptors (Lipinski definition) is 3. The number of carbonyl (C=O) groups is 1. The molecule has 0 saturated heterocycles. The summed E-state index contributed by atoms with van der Waals surface area (Å²) in [6.45, 7) is 0.406. The zero-order valence-electron chi connectivity index (χ0n) is 7.47. The molecule has 7 heteroatoms. The molecule has 0 aromatic carbocycles. The summed E-state index contributed by atoms with van der Waals surface area (Å²) in [4.78, 5) is 10.5. The van der Waals surface area contributed by atoms with Crippen LogP contribution >= 0.6 is 11.6 Å². The van der Waals surface area contributed by atoms with Crippen LogP contribution in [0.5, 0.6) is 0 Å². The molecule has 0 aliphatic rings. The summed E-state index contributed by atoms with van der Waals surface area (Å²) in [7, 11) is 0. The minimum Gasteiger partial charge on any atom is -0.480 e. The minimum atomic E-state index is -3.69. The molecular formula is C7H13ClF2N2O2. The Bertz CT molecular complexity index is 187. The Kier molecular flexibility index (Phi) is 5.90. The topological polar surface area (TPSA) is 75.3 Å². The van der Waals surface area contributed by atoms with Crippen LogP contribution in [0.25, 0.3) is 0 Å². The first-order valence-electron chi connectivity index (χ1n) is 4.14. The van der Waals surface area contributed by atoms with Crippen molar-refractivity contribution in [2.45, 2.75) is 30.8 Å². The van der Waals surface area contributed by atoms with Crippen molar-refractivity contribution in [1.29, 1.82) is 0 Å². The monoisotopic (exact) mass is 230 g/mol. The van der Waals surface area contributed by atoms with E-state index < -0.39 is 17.5 Å². The molecule has 0 spiro atoms. The highest BCUT2D eigenvalue weighted by Crippen LogP contribution is 2.16. The molecule has 4 N–H and O–H groups in total. The quantitative estimate of drug-likeness (QED) is 0.346. The van der Waals surface area contributed by atoms with Crippen molar-refractivity contribution in [2.75, 3.05) is 6.54 Å². The molecule has 0 aromatic rings. The number of aliphatic carboxylic acids is 1. The average molecular weight is 231 g/mol. The second-order valence-corrected chi connectivity index (χ2v) is 3.29. The molecule has 4 nitrogen and oxygen atoms in total. The number of halogens is 3. The number of carboxylic acids is 1. The van der Waals surface area contributed by atoms with Gasteiger partial charge in [-0.15, -0.1) is 0 Å². The molecule has 14 heavy (non-hydrogen) atoms. The fourth-order valence-corrected chi connectivity index (χ4v) is 1.08. The maximum absolute atomic E-state index is 12.2. The van der Waals surface area contributed by atoms with Gasteiger partial charge in [0.05, 0.1) is 0 Å². The third-order valence-corrected chi connectivity index (χ3v) is 1.69. The van der Waals surface area contributed by atoms with Gasteiger partial charge in [0.2, 0.25) is 0 Å². The van der Waals surface area contributed by atoms with Crippen LogP contribution in [0.4, 0.5) is 8.78 Å². The van der Waals surface area contributed by atoms with Crippen LogP contribution in [0.1, 0.15) is 19.3 Å². The Balaban J connectivity index is 3.97. The van der Waals surface area contributed by atoms with Gasteiger partial charge in [0.15, 0.2) is 0 Å². The van der Waals surface area contributed by atoms with E-state index in [0.717, 1.165) is 0 Å². The molecule has 0 rings (SSSR count). The molecule has 1 unspecified atom stereocenters. The van der Waals surface area contributed by atoms with Gasteiger partial charge in [-0.3, -0.25) is 4.79 Å². The maximum atomic E-state index is 12.2. The highest BCUT2D eigenvalue weighted by Gasteiger charge is 2.31. The summed E-state index contributed by atoms with van der Waals surface area (Å²) in [6.07, 6.45) is 1.14. The number of rotatable bonds is 7. The van der Waals surface area contributed by atoms with Gasteiger partial charge in [-0.1, -0.05) is 6.42 Å². The summed E-state index contributed by atoms with van der Waals surface area (Å²) >= 11 is 4.55. The molecule has 0 fully saturated rings. The van der Waals surface area contributed by atoms with Crippen LogP contribution in [0.15, 0.2) is 0 Å². The number of hydrogen-bond donors (Lipinski definition) is 3. The molecule has 84 valence electrons. The zero-order valence-corrected chi connectivity index (χ0v) is 8.23. The first-order chi connectivity index (χ1) is 6.37. The van der Waals surface area contributed by atoms with Gasteiger partial charge >= 0.3 is 11.5 Å². The summed E-state index contributed by atoms with van der Waals surface area (Å²) in [6, 6.07) is -1.34. The van der Waals surface area contributed by atoms with Gasteiger partial charge < -0.3 is 10.8 Å². The van der Waals surface area contributed by atoms with Crippen molar-refractivity contribution in [2.24, 2.45) is 5.73 Å². The standard InChI is InChI=1S/C7H13ClF2N2O2/c8-7(9,10)12-5(6(13)14)3-1-2-4-11/h5,12H,1-4,11H2,(H,13,14). The van der Waals surface area contributed by atoms with Crippen molar-refractivity contribution in [1.82, 2.24) is 5.32 Å². The second-order valence-electron chi connectivity index (χ2n) is 2.82. The number of nitrogens with two attached hydrogens (primary N) is 1. The van der Waals surface area contributed by atoms with E-state index in [1.807, 2.05) is 0 Å². The van der Waals surface area contributed by atoms with Crippen LogP contribution in [-0.4, -0.2) is 29.2 Å². The van der Waals surface area contributed by atoms with E-state index >= 15 is 0 Å². The van der Waals surface area contributed by atoms with Gasteiger partial charge in [-0.05, 0) is 31.0 Å². The van der Waals surface area contributed by atoms with E-state index in [0.29, 0.717) is 19.4 Å². The first kappa shape index (κ1) is 13.5. The van der Waals surface area contributed by atoms with Crippen molar-refractivity contribution in [3.63, 3.8) is 0 Å². The first-order valence-corrected chi connectivity index (χ1v) is 4.52. The van der Waals surface area contributed by atoms with Crippen molar-refractivity contribution in [3.05, 3.63) is 0 Å². The predicted octanol–water partition coefficient (Wildman–Crippen LogP) is 0.947. The zero-order chi connectivity index (χ0) is 11.2. The Labute approximate surface area is 85.4 Å². The molecule has 0 amide bonds. The molecular weight excluding hydrogens is 218 g/mol. The Hall–Kier alpha value is -0.460. The van der Waals surface area contributed by atoms with Crippen LogP contribution < -0.4 is 11.1 Å². The van der Waals surface area contributed by atoms with Crippen molar-refractivity contribution in [3.8, 4) is 0 Å². The lowest BCUT2D eigenvalue weighted by atomic mass is 10.1. The summed E-state index contributed by atoms with van der Waals surface area (Å²) in [5.41, 5.74) is 1.49. The molecule has 1 atom stereocenters. The van der Waals surface area contributed by atoms with Gasteiger partial charge in [-0.2, -0.15) is 8.78 Å². The summed E-state index contributed by atoms with van der Waals surface area (Å²) in [5, 5.41) is 10.1. The molecule has 0 heterocycles. The Morgan fingerprint density at radius 3 is 2.50 bits per heavy atom. The molecule has 0 bridgehead atoms. The van der Waals surface area contributed by atoms with E-state index in [2.05, 4.69) is 11.6 Å². The van der Waals surface area contributed by atoms with Crippen LogP contribution in [0, 0.1) is 0 Å². The minimum absolute atomic E-state index is 0.0782. The largest absolute Gasteiger partial charge is 0.480 e. The fourth-order valence-electron chi connectivity index (χ4n) is 0.948. The fraction of sp³-hybridized carbons (Fsp3) is 0.857. The predicted molar refractivity (Wildman–Crippen MR) is 48.3 cm³/mol. The van der Waals surface area contributed by atoms with Crippen molar-refractivity contribution >= 4 is 17.6 Å². The van der Waals surface area contributed by atoms with E-state index in [1.54, 1.807) is 0 Å². The molecule has 0 saturated carbocycles. The lowest BCUT2D eigenvalue weighted by Gasteiger charge is -2.17. The molecule has 0 aliphatic heterocycles. The highest BCUT2D eigenvalue weighted by atomic mass is 35.5. The normalized spacial score (nSPS) is 14.0. The highest BCUT2D eigenvalue weighted by molar-refractivity contribution is 6.21. The third kappa shape index (κ3) is 6.99. The maximum Gasteiger partial charge on any atom is 0.383 e. The van der Waals surface area contributed by atoms with E-state index in [1.165, 1.54) is 5.32 Å².